The van der Waals surface area contributed by atoms with Crippen molar-refractivity contribution in [2.24, 2.45) is 5.92 Å². The van der Waals surface area contributed by atoms with Crippen LogP contribution in [0.25, 0.3) is 0 Å². The molecule has 0 rings (SSSR count). The molecule has 0 aromatic carbocycles. The molecule has 1 radical (unpaired) electrons. The van der Waals surface area contributed by atoms with Crippen LogP contribution in [0.2, 0.25) is 0 Å². The number of methoxy groups -OCH3 is 1. The second kappa shape index (κ2) is 4.78. The van der Waals surface area contributed by atoms with Crippen molar-refractivity contribution < 1.29 is 9.53 Å². The summed E-state index contributed by atoms with van der Waals surface area (Å²) in [7, 11) is 1.63. The predicted molar refractivity (Wildman–Crippen MR) is 31.4 cm³/mol. The van der Waals surface area contributed by atoms with E-state index in [0.717, 1.165) is 0 Å². The first-order valence-corrected chi connectivity index (χ1v) is 2.65. The average Bonchev–Trinajstić information content (AvgIpc) is 1.68. The van der Waals surface area contributed by atoms with Crippen molar-refractivity contribution in [3.05, 3.63) is 0 Å². The van der Waals surface area contributed by atoms with Gasteiger partial charge in [-0.2, -0.15) is 0 Å². The number of hydrogen-bond acceptors (Lipinski definition) is 2. The minimum atomic E-state index is 0.317. The zero-order valence-corrected chi connectivity index (χ0v) is 5.31. The summed E-state index contributed by atoms with van der Waals surface area (Å²) in [6.45, 7) is 2.60. The standard InChI is InChI=1S/C6H11O2/c1-6(3-4-7)5-8-2/h6H,3,5H2,1-2H3. The van der Waals surface area contributed by atoms with E-state index >= 15 is 0 Å². The van der Waals surface area contributed by atoms with Crippen LogP contribution in [0, 0.1) is 5.92 Å². The lowest BCUT2D eigenvalue weighted by atomic mass is 10.1. The van der Waals surface area contributed by atoms with Crippen LogP contribution in [-0.2, 0) is 9.53 Å². The van der Waals surface area contributed by atoms with Crippen molar-refractivity contribution in [2.45, 2.75) is 13.3 Å². The van der Waals surface area contributed by atoms with Crippen molar-refractivity contribution in [3.8, 4) is 0 Å². The fourth-order valence-corrected chi connectivity index (χ4v) is 0.486. The van der Waals surface area contributed by atoms with Gasteiger partial charge in [0.1, 0.15) is 0 Å². The number of ether oxygens (including phenoxy) is 1. The van der Waals surface area contributed by atoms with E-state index in [9.17, 15) is 4.79 Å². The van der Waals surface area contributed by atoms with Gasteiger partial charge >= 0.3 is 0 Å². The summed E-state index contributed by atoms with van der Waals surface area (Å²) >= 11 is 0. The van der Waals surface area contributed by atoms with Gasteiger partial charge in [-0.25, -0.2) is 0 Å². The lowest BCUT2D eigenvalue weighted by molar-refractivity contribution is 0.162. The zero-order chi connectivity index (χ0) is 6.41. The SMILES string of the molecule is COCC(C)C[C]=O. The molecule has 0 aromatic rings. The predicted octanol–water partition coefficient (Wildman–Crippen LogP) is 0.769. The van der Waals surface area contributed by atoms with E-state index in [1.54, 1.807) is 7.11 Å². The van der Waals surface area contributed by atoms with Gasteiger partial charge in [0.05, 0.1) is 0 Å². The summed E-state index contributed by atoms with van der Waals surface area (Å²) < 4.78 is 4.78. The maximum Gasteiger partial charge on any atom is 0.198 e. The highest BCUT2D eigenvalue weighted by Gasteiger charge is 1.97. The molecule has 2 heteroatoms. The molecule has 0 aliphatic heterocycles. The minimum absolute atomic E-state index is 0.317. The third-order valence-electron chi connectivity index (χ3n) is 0.883. The van der Waals surface area contributed by atoms with Gasteiger partial charge in [0.15, 0.2) is 6.29 Å². The van der Waals surface area contributed by atoms with Crippen LogP contribution >= 0.6 is 0 Å². The van der Waals surface area contributed by atoms with Crippen LogP contribution in [0.1, 0.15) is 13.3 Å². The molecular weight excluding hydrogens is 104 g/mol. The Morgan fingerprint density at radius 2 is 2.38 bits per heavy atom. The maximum absolute atomic E-state index is 9.71. The van der Waals surface area contributed by atoms with Gasteiger partial charge in [0, 0.05) is 20.1 Å². The Balaban J connectivity index is 3.03. The molecule has 0 saturated carbocycles. The van der Waals surface area contributed by atoms with Gasteiger partial charge in [0.2, 0.25) is 0 Å². The van der Waals surface area contributed by atoms with E-state index in [1.807, 2.05) is 13.2 Å². The molecule has 1 atom stereocenters. The van der Waals surface area contributed by atoms with Crippen molar-refractivity contribution in [1.82, 2.24) is 0 Å². The van der Waals surface area contributed by atoms with Gasteiger partial charge in [-0.3, -0.25) is 4.79 Å². The summed E-state index contributed by atoms with van der Waals surface area (Å²) in [5, 5.41) is 0. The van der Waals surface area contributed by atoms with Crippen LogP contribution in [0.15, 0.2) is 0 Å². The summed E-state index contributed by atoms with van der Waals surface area (Å²) in [5.74, 6) is 0.317. The fourth-order valence-electron chi connectivity index (χ4n) is 0.486. The van der Waals surface area contributed by atoms with Crippen LogP contribution < -0.4 is 0 Å². The Kier molecular flexibility index (Phi) is 4.56. The molecule has 8 heavy (non-hydrogen) atoms. The molecule has 0 spiro atoms. The Hall–Kier alpha value is -0.370. The first kappa shape index (κ1) is 7.63. The van der Waals surface area contributed by atoms with Crippen molar-refractivity contribution >= 4 is 6.29 Å². The Labute approximate surface area is 49.8 Å². The first-order valence-electron chi connectivity index (χ1n) is 2.65. The number of carbonyl (C=O) groups excluding carboxylic acids is 1. The molecule has 0 fully saturated rings. The molecule has 0 bridgehead atoms. The van der Waals surface area contributed by atoms with Gasteiger partial charge in [0.25, 0.3) is 0 Å². The summed E-state index contributed by atoms with van der Waals surface area (Å²) in [6.07, 6.45) is 2.30. The first-order chi connectivity index (χ1) is 3.81. The monoisotopic (exact) mass is 115 g/mol. The van der Waals surface area contributed by atoms with E-state index in [-0.39, 0.29) is 0 Å². The van der Waals surface area contributed by atoms with Crippen LogP contribution in [0.5, 0.6) is 0 Å². The number of rotatable bonds is 4. The smallest absolute Gasteiger partial charge is 0.198 e. The molecule has 47 valence electrons. The molecule has 0 heterocycles. The van der Waals surface area contributed by atoms with Crippen molar-refractivity contribution in [3.63, 3.8) is 0 Å². The maximum atomic E-state index is 9.71. The highest BCUT2D eigenvalue weighted by Crippen LogP contribution is 1.97. The summed E-state index contributed by atoms with van der Waals surface area (Å²) in [5.41, 5.74) is 0. The minimum Gasteiger partial charge on any atom is -0.384 e. The van der Waals surface area contributed by atoms with E-state index in [1.165, 1.54) is 0 Å². The third-order valence-corrected chi connectivity index (χ3v) is 0.883. The van der Waals surface area contributed by atoms with Gasteiger partial charge in [-0.1, -0.05) is 6.92 Å². The molecule has 0 aliphatic carbocycles. The zero-order valence-electron chi connectivity index (χ0n) is 5.31. The molecule has 0 amide bonds. The molecule has 2 nitrogen and oxygen atoms in total. The van der Waals surface area contributed by atoms with Gasteiger partial charge in [-0.15, -0.1) is 0 Å². The topological polar surface area (TPSA) is 26.3 Å². The second-order valence-electron chi connectivity index (χ2n) is 1.91. The quantitative estimate of drug-likeness (QED) is 0.541. The molecule has 1 unspecified atom stereocenters. The summed E-state index contributed by atoms with van der Waals surface area (Å²) in [4.78, 5) is 9.71. The summed E-state index contributed by atoms with van der Waals surface area (Å²) in [6, 6.07) is 0. The normalized spacial score (nSPS) is 13.2. The van der Waals surface area contributed by atoms with Crippen LogP contribution in [-0.4, -0.2) is 20.0 Å². The Morgan fingerprint density at radius 3 is 2.75 bits per heavy atom. The van der Waals surface area contributed by atoms with E-state index < -0.39 is 0 Å². The average molecular weight is 115 g/mol. The highest BCUT2D eigenvalue weighted by atomic mass is 16.5. The van der Waals surface area contributed by atoms with Crippen molar-refractivity contribution in [2.75, 3.05) is 13.7 Å². The van der Waals surface area contributed by atoms with Gasteiger partial charge < -0.3 is 4.74 Å². The Morgan fingerprint density at radius 1 is 1.75 bits per heavy atom. The van der Waals surface area contributed by atoms with Crippen LogP contribution in [0.4, 0.5) is 0 Å². The van der Waals surface area contributed by atoms with Crippen molar-refractivity contribution in [1.29, 1.82) is 0 Å². The molecule has 0 N–H and O–H groups in total. The van der Waals surface area contributed by atoms with E-state index in [4.69, 9.17) is 4.74 Å². The molecule has 0 aliphatic rings. The van der Waals surface area contributed by atoms with Crippen LogP contribution in [0.3, 0.4) is 0 Å². The second-order valence-corrected chi connectivity index (χ2v) is 1.91. The molecule has 0 aromatic heterocycles. The largest absolute Gasteiger partial charge is 0.384 e. The van der Waals surface area contributed by atoms with Gasteiger partial charge in [-0.05, 0) is 5.92 Å². The molecular formula is C6H11O2. The van der Waals surface area contributed by atoms with E-state index in [2.05, 4.69) is 0 Å². The fraction of sp³-hybridized carbons (Fsp3) is 0.833. The highest BCUT2D eigenvalue weighted by molar-refractivity contribution is 5.50. The molecule has 0 saturated heterocycles. The Bertz CT molecular complexity index is 61.5. The lowest BCUT2D eigenvalue weighted by Crippen LogP contribution is -2.03. The lowest BCUT2D eigenvalue weighted by Gasteiger charge is -2.02. The van der Waals surface area contributed by atoms with E-state index in [0.29, 0.717) is 18.9 Å². The third kappa shape index (κ3) is 3.81. The number of hydrogen-bond donors (Lipinski definition) is 0.